The average Bonchev–Trinajstić information content (AvgIpc) is 3.33. The molecule has 1 aromatic heterocycles. The fourth-order valence-corrected chi connectivity index (χ4v) is 4.10. The van der Waals surface area contributed by atoms with E-state index in [1.807, 2.05) is 33.8 Å². The second-order valence-corrected chi connectivity index (χ2v) is 8.63. The van der Waals surface area contributed by atoms with E-state index in [1.165, 1.54) is 5.56 Å². The van der Waals surface area contributed by atoms with Crippen LogP contribution in [0, 0.1) is 5.41 Å². The number of hydrogen-bond acceptors (Lipinski definition) is 3. The van der Waals surface area contributed by atoms with E-state index >= 15 is 0 Å². The highest BCUT2D eigenvalue weighted by Crippen LogP contribution is 2.47. The SMILES string of the molecule is CC1(C(=O)N2CCC(n3nccc3NC(=O)CCCc3ccccc3)CC2)CC1. The Labute approximate surface area is 172 Å². The van der Waals surface area contributed by atoms with Gasteiger partial charge in [-0.1, -0.05) is 37.3 Å². The molecule has 2 aliphatic rings. The maximum Gasteiger partial charge on any atom is 0.228 e. The molecule has 1 aromatic carbocycles. The molecule has 0 atom stereocenters. The third-order valence-electron chi connectivity index (χ3n) is 6.26. The fourth-order valence-electron chi connectivity index (χ4n) is 4.10. The van der Waals surface area contributed by atoms with Crippen molar-refractivity contribution in [2.75, 3.05) is 18.4 Å². The highest BCUT2D eigenvalue weighted by Gasteiger charge is 2.47. The van der Waals surface area contributed by atoms with Gasteiger partial charge in [-0.15, -0.1) is 0 Å². The number of anilines is 1. The second kappa shape index (κ2) is 8.39. The minimum atomic E-state index is -0.0998. The summed E-state index contributed by atoms with van der Waals surface area (Å²) in [5.74, 6) is 1.09. The predicted octanol–water partition coefficient (Wildman–Crippen LogP) is 3.81. The molecular formula is C23H30N4O2. The Morgan fingerprint density at radius 2 is 1.86 bits per heavy atom. The van der Waals surface area contributed by atoms with E-state index in [1.54, 1.807) is 6.20 Å². The summed E-state index contributed by atoms with van der Waals surface area (Å²) in [6, 6.07) is 12.3. The zero-order chi connectivity index (χ0) is 20.3. The molecule has 0 bridgehead atoms. The van der Waals surface area contributed by atoms with Crippen LogP contribution in [0.2, 0.25) is 0 Å². The van der Waals surface area contributed by atoms with Gasteiger partial charge in [0.15, 0.2) is 0 Å². The van der Waals surface area contributed by atoms with Crippen LogP contribution in [0.4, 0.5) is 5.82 Å². The molecule has 6 heteroatoms. The third kappa shape index (κ3) is 4.69. The molecule has 1 N–H and O–H groups in total. The van der Waals surface area contributed by atoms with Crippen molar-refractivity contribution >= 4 is 17.6 Å². The van der Waals surface area contributed by atoms with Crippen molar-refractivity contribution < 1.29 is 9.59 Å². The molecule has 2 fully saturated rings. The van der Waals surface area contributed by atoms with E-state index < -0.39 is 0 Å². The topological polar surface area (TPSA) is 67.2 Å². The number of aryl methyl sites for hydroxylation is 1. The monoisotopic (exact) mass is 394 g/mol. The zero-order valence-electron chi connectivity index (χ0n) is 17.1. The molecule has 154 valence electrons. The smallest absolute Gasteiger partial charge is 0.228 e. The van der Waals surface area contributed by atoms with Gasteiger partial charge in [-0.3, -0.25) is 9.59 Å². The lowest BCUT2D eigenvalue weighted by molar-refractivity contribution is -0.137. The minimum Gasteiger partial charge on any atom is -0.342 e. The normalized spacial score (nSPS) is 18.4. The molecule has 1 aliphatic heterocycles. The lowest BCUT2D eigenvalue weighted by Gasteiger charge is -2.34. The number of nitrogens with zero attached hydrogens (tertiary/aromatic N) is 3. The quantitative estimate of drug-likeness (QED) is 0.776. The molecule has 29 heavy (non-hydrogen) atoms. The number of aromatic nitrogens is 2. The van der Waals surface area contributed by atoms with Crippen LogP contribution in [-0.4, -0.2) is 39.6 Å². The van der Waals surface area contributed by atoms with Crippen LogP contribution in [0.5, 0.6) is 0 Å². The summed E-state index contributed by atoms with van der Waals surface area (Å²) in [6.45, 7) is 3.60. The van der Waals surface area contributed by atoms with E-state index in [2.05, 4.69) is 29.5 Å². The Kier molecular flexibility index (Phi) is 5.69. The lowest BCUT2D eigenvalue weighted by Crippen LogP contribution is -2.42. The number of hydrogen-bond donors (Lipinski definition) is 1. The van der Waals surface area contributed by atoms with Gasteiger partial charge in [0, 0.05) is 31.0 Å². The van der Waals surface area contributed by atoms with Gasteiger partial charge < -0.3 is 10.2 Å². The van der Waals surface area contributed by atoms with Gasteiger partial charge in [0.05, 0.1) is 12.2 Å². The van der Waals surface area contributed by atoms with Crippen molar-refractivity contribution in [2.24, 2.45) is 5.41 Å². The summed E-state index contributed by atoms with van der Waals surface area (Å²) in [5.41, 5.74) is 1.16. The molecule has 4 rings (SSSR count). The van der Waals surface area contributed by atoms with Crippen molar-refractivity contribution in [3.05, 3.63) is 48.2 Å². The third-order valence-corrected chi connectivity index (χ3v) is 6.26. The first-order chi connectivity index (χ1) is 14.0. The Hall–Kier alpha value is -2.63. The van der Waals surface area contributed by atoms with Gasteiger partial charge >= 0.3 is 0 Å². The standard InChI is InChI=1S/C23H30N4O2/c1-23(13-14-23)22(29)26-16-11-19(12-17-26)27-20(10-15-24-27)25-21(28)9-5-8-18-6-3-2-4-7-18/h2-4,6-7,10,15,19H,5,8-9,11-14,16-17H2,1H3,(H,25,28). The summed E-state index contributed by atoms with van der Waals surface area (Å²) in [4.78, 5) is 26.9. The predicted molar refractivity (Wildman–Crippen MR) is 112 cm³/mol. The van der Waals surface area contributed by atoms with Crippen LogP contribution < -0.4 is 5.32 Å². The Morgan fingerprint density at radius 1 is 1.14 bits per heavy atom. The van der Waals surface area contributed by atoms with Gasteiger partial charge in [0.1, 0.15) is 5.82 Å². The number of carbonyl (C=O) groups is 2. The molecule has 0 spiro atoms. The van der Waals surface area contributed by atoms with Gasteiger partial charge in [0.25, 0.3) is 0 Å². The Balaban J connectivity index is 1.26. The van der Waals surface area contributed by atoms with Gasteiger partial charge in [-0.2, -0.15) is 5.10 Å². The molecular weight excluding hydrogens is 364 g/mol. The number of carbonyl (C=O) groups excluding carboxylic acids is 2. The van der Waals surface area contributed by atoms with Gasteiger partial charge in [-0.05, 0) is 44.1 Å². The first kappa shape index (κ1) is 19.7. The highest BCUT2D eigenvalue weighted by atomic mass is 16.2. The molecule has 2 heterocycles. The molecule has 0 radical (unpaired) electrons. The van der Waals surface area contributed by atoms with Gasteiger partial charge in [-0.25, -0.2) is 4.68 Å². The molecule has 1 aliphatic carbocycles. The summed E-state index contributed by atoms with van der Waals surface area (Å²) >= 11 is 0. The maximum absolute atomic E-state index is 12.5. The van der Waals surface area contributed by atoms with Crippen molar-refractivity contribution in [2.45, 2.75) is 57.9 Å². The minimum absolute atomic E-state index is 0.0250. The van der Waals surface area contributed by atoms with Crippen LogP contribution in [0.25, 0.3) is 0 Å². The first-order valence-electron chi connectivity index (χ1n) is 10.7. The largest absolute Gasteiger partial charge is 0.342 e. The summed E-state index contributed by atoms with van der Waals surface area (Å²) in [5, 5.41) is 7.47. The van der Waals surface area contributed by atoms with Crippen LogP contribution in [0.3, 0.4) is 0 Å². The van der Waals surface area contributed by atoms with Crippen molar-refractivity contribution in [3.63, 3.8) is 0 Å². The van der Waals surface area contributed by atoms with E-state index in [0.29, 0.717) is 12.3 Å². The van der Waals surface area contributed by atoms with E-state index in [9.17, 15) is 9.59 Å². The molecule has 2 aromatic rings. The van der Waals surface area contributed by atoms with Crippen LogP contribution in [0.1, 0.15) is 57.1 Å². The van der Waals surface area contributed by atoms with E-state index in [4.69, 9.17) is 0 Å². The highest BCUT2D eigenvalue weighted by molar-refractivity contribution is 5.89. The average molecular weight is 395 g/mol. The van der Waals surface area contributed by atoms with E-state index in [0.717, 1.165) is 57.4 Å². The number of amides is 2. The molecule has 6 nitrogen and oxygen atoms in total. The Bertz CT molecular complexity index is 849. The Morgan fingerprint density at radius 3 is 2.55 bits per heavy atom. The lowest BCUT2D eigenvalue weighted by atomic mass is 10.0. The molecule has 2 amide bonds. The zero-order valence-corrected chi connectivity index (χ0v) is 17.1. The molecule has 1 saturated carbocycles. The summed E-state index contributed by atoms with van der Waals surface area (Å²) in [6.07, 6.45) is 7.74. The van der Waals surface area contributed by atoms with Crippen LogP contribution >= 0.6 is 0 Å². The van der Waals surface area contributed by atoms with Crippen molar-refractivity contribution in [1.29, 1.82) is 0 Å². The summed E-state index contributed by atoms with van der Waals surface area (Å²) in [7, 11) is 0. The van der Waals surface area contributed by atoms with Gasteiger partial charge in [0.2, 0.25) is 11.8 Å². The van der Waals surface area contributed by atoms with E-state index in [-0.39, 0.29) is 17.4 Å². The van der Waals surface area contributed by atoms with Crippen LogP contribution in [-0.2, 0) is 16.0 Å². The first-order valence-corrected chi connectivity index (χ1v) is 10.7. The second-order valence-electron chi connectivity index (χ2n) is 8.63. The van der Waals surface area contributed by atoms with Crippen molar-refractivity contribution in [1.82, 2.24) is 14.7 Å². The van der Waals surface area contributed by atoms with Crippen molar-refractivity contribution in [3.8, 4) is 0 Å². The molecule has 1 saturated heterocycles. The number of rotatable bonds is 7. The maximum atomic E-state index is 12.5. The van der Waals surface area contributed by atoms with Crippen LogP contribution in [0.15, 0.2) is 42.6 Å². The number of piperidine rings is 1. The fraction of sp³-hybridized carbons (Fsp3) is 0.522. The number of nitrogens with one attached hydrogen (secondary N) is 1. The summed E-state index contributed by atoms with van der Waals surface area (Å²) < 4.78 is 1.93. The number of likely N-dealkylation sites (tertiary alicyclic amines) is 1. The molecule has 0 unspecified atom stereocenters. The number of benzene rings is 1.